The summed E-state index contributed by atoms with van der Waals surface area (Å²) in [5.74, 6) is 1.02. The molecule has 0 N–H and O–H groups in total. The summed E-state index contributed by atoms with van der Waals surface area (Å²) in [6.07, 6.45) is 5.63. The molecule has 2 heteroatoms. The second kappa shape index (κ2) is 7.24. The Kier molecular flexibility index (Phi) is 7.33. The first-order valence-electron chi connectivity index (χ1n) is 4.85. The van der Waals surface area contributed by atoms with E-state index in [0.29, 0.717) is 0 Å². The van der Waals surface area contributed by atoms with Gasteiger partial charge in [-0.1, -0.05) is 52.2 Å². The molecule has 0 amide bonds. The van der Waals surface area contributed by atoms with Crippen molar-refractivity contribution in [1.29, 1.82) is 0 Å². The number of hydrogen-bond acceptors (Lipinski definition) is 0. The van der Waals surface area contributed by atoms with Crippen LogP contribution in [0, 0.1) is 0 Å². The van der Waals surface area contributed by atoms with Crippen molar-refractivity contribution < 1.29 is 0 Å². The lowest BCUT2D eigenvalue weighted by atomic mass is 9.34. The Hall–Kier alpha value is 0.130. The van der Waals surface area contributed by atoms with Crippen molar-refractivity contribution in [2.24, 2.45) is 0 Å². The number of rotatable bonds is 6. The molecule has 0 aromatic heterocycles. The van der Waals surface area contributed by atoms with Gasteiger partial charge in [0.15, 0.2) is 0 Å². The molecule has 1 atom stereocenters. The van der Waals surface area contributed by atoms with E-state index >= 15 is 0 Å². The Bertz CT molecular complexity index is 64.3. The van der Waals surface area contributed by atoms with Crippen molar-refractivity contribution in [2.45, 2.75) is 52.2 Å². The standard InChI is InChI=1S/C8H20B2/c1-4-6-7-8(5-2)10-9-3/h8-10H,4-7H2,1-3H3. The summed E-state index contributed by atoms with van der Waals surface area (Å²) in [6, 6.07) is 0. The molecule has 0 aliphatic carbocycles. The van der Waals surface area contributed by atoms with Gasteiger partial charge in [0.25, 0.3) is 0 Å². The fraction of sp³-hybridized carbons (Fsp3) is 1.00. The lowest BCUT2D eigenvalue weighted by molar-refractivity contribution is 0.653. The smallest absolute Gasteiger partial charge is 0.0901 e. The zero-order chi connectivity index (χ0) is 7.82. The molecule has 10 heavy (non-hydrogen) atoms. The van der Waals surface area contributed by atoms with Crippen LogP contribution in [0.5, 0.6) is 0 Å². The van der Waals surface area contributed by atoms with Crippen LogP contribution < -0.4 is 0 Å². The monoisotopic (exact) mass is 138 g/mol. The minimum atomic E-state index is 1.02. The van der Waals surface area contributed by atoms with Crippen LogP contribution >= 0.6 is 0 Å². The molecule has 0 radical (unpaired) electrons. The first-order valence-corrected chi connectivity index (χ1v) is 4.85. The summed E-state index contributed by atoms with van der Waals surface area (Å²) in [7, 11) is 2.80. The Morgan fingerprint density at radius 1 is 1.30 bits per heavy atom. The zero-order valence-corrected chi connectivity index (χ0v) is 7.82. The van der Waals surface area contributed by atoms with Crippen LogP contribution in [-0.2, 0) is 0 Å². The molecule has 58 valence electrons. The van der Waals surface area contributed by atoms with Crippen molar-refractivity contribution in [2.75, 3.05) is 0 Å². The third kappa shape index (κ3) is 4.96. The second-order valence-electron chi connectivity index (χ2n) is 3.21. The van der Waals surface area contributed by atoms with Gasteiger partial charge in [-0.15, -0.1) is 0 Å². The molecule has 0 fully saturated rings. The lowest BCUT2D eigenvalue weighted by Crippen LogP contribution is -2.08. The molecule has 0 rings (SSSR count). The van der Waals surface area contributed by atoms with Gasteiger partial charge in [-0.2, -0.15) is 0 Å². The Labute approximate surface area is 67.3 Å². The van der Waals surface area contributed by atoms with Crippen LogP contribution in [0.3, 0.4) is 0 Å². The van der Waals surface area contributed by atoms with Gasteiger partial charge in [-0.3, -0.25) is 0 Å². The molecular formula is C8H20B2. The largest absolute Gasteiger partial charge is 0.0958 e. The van der Waals surface area contributed by atoms with Gasteiger partial charge < -0.3 is 0 Å². The highest BCUT2D eigenvalue weighted by atomic mass is 14.0. The van der Waals surface area contributed by atoms with E-state index in [2.05, 4.69) is 20.7 Å². The summed E-state index contributed by atoms with van der Waals surface area (Å²) in [5, 5.41) is 0. The average Bonchev–Trinajstić information content (AvgIpc) is 1.98. The van der Waals surface area contributed by atoms with Crippen LogP contribution in [0.15, 0.2) is 0 Å². The van der Waals surface area contributed by atoms with Crippen LogP contribution in [0.1, 0.15) is 39.5 Å². The van der Waals surface area contributed by atoms with E-state index in [1.807, 2.05) is 0 Å². The minimum absolute atomic E-state index is 1.02. The molecular weight excluding hydrogens is 118 g/mol. The molecule has 0 saturated carbocycles. The molecule has 0 aliphatic heterocycles. The van der Waals surface area contributed by atoms with Crippen molar-refractivity contribution >= 4 is 14.3 Å². The predicted octanol–water partition coefficient (Wildman–Crippen LogP) is 2.21. The molecule has 0 bridgehead atoms. The number of hydrogen-bond donors (Lipinski definition) is 0. The van der Waals surface area contributed by atoms with E-state index < -0.39 is 0 Å². The first-order chi connectivity index (χ1) is 4.85. The van der Waals surface area contributed by atoms with Gasteiger partial charge in [0, 0.05) is 0 Å². The van der Waals surface area contributed by atoms with Gasteiger partial charge in [0.2, 0.25) is 0 Å². The highest BCUT2D eigenvalue weighted by Gasteiger charge is 2.04. The maximum atomic E-state index is 2.32. The summed E-state index contributed by atoms with van der Waals surface area (Å²) in [4.78, 5) is 0. The van der Waals surface area contributed by atoms with E-state index in [0.717, 1.165) is 5.82 Å². The van der Waals surface area contributed by atoms with Crippen LogP contribution in [0.4, 0.5) is 0 Å². The maximum Gasteiger partial charge on any atom is 0.0901 e. The minimum Gasteiger partial charge on any atom is -0.0958 e. The van der Waals surface area contributed by atoms with Gasteiger partial charge in [0.05, 0.1) is 14.3 Å². The fourth-order valence-electron chi connectivity index (χ4n) is 1.45. The maximum absolute atomic E-state index is 2.32. The normalized spacial score (nSPS) is 12.7. The summed E-state index contributed by atoms with van der Waals surface area (Å²) in [6.45, 7) is 6.88. The SMILES string of the molecule is CBBC(CC)CCCC. The van der Waals surface area contributed by atoms with Gasteiger partial charge in [0.1, 0.15) is 0 Å². The van der Waals surface area contributed by atoms with Crippen LogP contribution in [0.25, 0.3) is 0 Å². The Morgan fingerprint density at radius 3 is 2.40 bits per heavy atom. The van der Waals surface area contributed by atoms with Crippen molar-refractivity contribution in [3.05, 3.63) is 0 Å². The molecule has 0 nitrogen and oxygen atoms in total. The second-order valence-corrected chi connectivity index (χ2v) is 3.21. The molecule has 0 aromatic carbocycles. The Morgan fingerprint density at radius 2 is 2.00 bits per heavy atom. The number of unbranched alkanes of at least 4 members (excludes halogenated alkanes) is 1. The van der Waals surface area contributed by atoms with E-state index in [1.54, 1.807) is 0 Å². The Balaban J connectivity index is 3.21. The third-order valence-corrected chi connectivity index (χ3v) is 2.24. The molecule has 0 spiro atoms. The first kappa shape index (κ1) is 10.1. The highest BCUT2D eigenvalue weighted by Crippen LogP contribution is 2.16. The molecule has 0 aliphatic rings. The molecule has 0 saturated heterocycles. The predicted molar refractivity (Wildman–Crippen MR) is 53.7 cm³/mol. The van der Waals surface area contributed by atoms with Crippen LogP contribution in [0.2, 0.25) is 12.6 Å². The van der Waals surface area contributed by atoms with Gasteiger partial charge in [-0.25, -0.2) is 0 Å². The molecule has 0 heterocycles. The fourth-order valence-corrected chi connectivity index (χ4v) is 1.45. The summed E-state index contributed by atoms with van der Waals surface area (Å²) < 4.78 is 0. The molecule has 1 unspecified atom stereocenters. The summed E-state index contributed by atoms with van der Waals surface area (Å²) >= 11 is 0. The van der Waals surface area contributed by atoms with Crippen molar-refractivity contribution in [1.82, 2.24) is 0 Å². The van der Waals surface area contributed by atoms with Crippen molar-refractivity contribution in [3.8, 4) is 0 Å². The van der Waals surface area contributed by atoms with Crippen LogP contribution in [-0.4, -0.2) is 14.3 Å². The van der Waals surface area contributed by atoms with Gasteiger partial charge in [-0.05, 0) is 0 Å². The molecule has 0 aromatic rings. The van der Waals surface area contributed by atoms with E-state index in [1.165, 1.54) is 40.0 Å². The van der Waals surface area contributed by atoms with Crippen molar-refractivity contribution in [3.63, 3.8) is 0 Å². The zero-order valence-electron chi connectivity index (χ0n) is 7.82. The average molecular weight is 138 g/mol. The summed E-state index contributed by atoms with van der Waals surface area (Å²) in [5.41, 5.74) is 0. The van der Waals surface area contributed by atoms with E-state index in [4.69, 9.17) is 0 Å². The lowest BCUT2D eigenvalue weighted by Gasteiger charge is -2.10. The van der Waals surface area contributed by atoms with E-state index in [-0.39, 0.29) is 0 Å². The third-order valence-electron chi connectivity index (χ3n) is 2.24. The quantitative estimate of drug-likeness (QED) is 0.493. The topological polar surface area (TPSA) is 0 Å². The highest BCUT2D eigenvalue weighted by molar-refractivity contribution is 7.00. The van der Waals surface area contributed by atoms with Gasteiger partial charge >= 0.3 is 0 Å². The van der Waals surface area contributed by atoms with E-state index in [9.17, 15) is 0 Å².